The van der Waals surface area contributed by atoms with Gasteiger partial charge in [-0.25, -0.2) is 4.98 Å². The number of benzene rings is 1. The first kappa shape index (κ1) is 25.8. The molecule has 1 aromatic carbocycles. The van der Waals surface area contributed by atoms with Crippen molar-refractivity contribution in [1.29, 1.82) is 5.26 Å². The molecular formula is C28H27Cl2N7O2. The maximum atomic E-state index is 9.96. The number of pyridine rings is 2. The van der Waals surface area contributed by atoms with Crippen molar-refractivity contribution in [2.75, 3.05) is 31.2 Å². The first-order chi connectivity index (χ1) is 18.8. The molecule has 9 nitrogen and oxygen atoms in total. The zero-order valence-electron chi connectivity index (χ0n) is 21.5. The van der Waals surface area contributed by atoms with Crippen molar-refractivity contribution in [2.45, 2.75) is 38.0 Å². The third-order valence-electron chi connectivity index (χ3n) is 7.27. The van der Waals surface area contributed by atoms with Gasteiger partial charge in [-0.1, -0.05) is 23.2 Å². The second-order valence-electron chi connectivity index (χ2n) is 10.4. The van der Waals surface area contributed by atoms with Crippen molar-refractivity contribution in [1.82, 2.24) is 25.5 Å². The van der Waals surface area contributed by atoms with E-state index in [1.807, 2.05) is 31.2 Å². The van der Waals surface area contributed by atoms with Crippen LogP contribution in [0.25, 0.3) is 22.2 Å². The van der Waals surface area contributed by atoms with Crippen LogP contribution in [-0.4, -0.2) is 58.0 Å². The lowest BCUT2D eigenvalue weighted by Crippen LogP contribution is -2.69. The van der Waals surface area contributed by atoms with Crippen molar-refractivity contribution < 1.29 is 9.47 Å². The number of rotatable bonds is 7. The van der Waals surface area contributed by atoms with Gasteiger partial charge < -0.3 is 19.7 Å². The Bertz CT molecular complexity index is 1550. The lowest BCUT2D eigenvalue weighted by atomic mass is 9.90. The molecule has 2 aliphatic rings. The van der Waals surface area contributed by atoms with E-state index in [0.717, 1.165) is 49.2 Å². The number of aromatic amines is 1. The highest BCUT2D eigenvalue weighted by Crippen LogP contribution is 2.36. The molecule has 0 unspecified atom stereocenters. The Morgan fingerprint density at radius 2 is 2.03 bits per heavy atom. The summed E-state index contributed by atoms with van der Waals surface area (Å²) >= 11 is 12.6. The quantitative estimate of drug-likeness (QED) is 0.311. The first-order valence-electron chi connectivity index (χ1n) is 12.8. The van der Waals surface area contributed by atoms with Gasteiger partial charge in [-0.2, -0.15) is 10.4 Å². The van der Waals surface area contributed by atoms with Crippen LogP contribution in [0, 0.1) is 11.3 Å². The molecule has 5 heterocycles. The third-order valence-corrected chi connectivity index (χ3v) is 7.87. The Labute approximate surface area is 236 Å². The number of nitriles is 1. The van der Waals surface area contributed by atoms with E-state index >= 15 is 0 Å². The number of nitrogens with one attached hydrogen (secondary N) is 2. The Hall–Kier alpha value is -3.42. The van der Waals surface area contributed by atoms with E-state index in [4.69, 9.17) is 37.7 Å². The summed E-state index contributed by atoms with van der Waals surface area (Å²) in [5.74, 6) is 1.32. The maximum Gasteiger partial charge on any atom is 0.146 e. The lowest BCUT2D eigenvalue weighted by molar-refractivity contribution is 0.175. The number of fused-ring (bicyclic) bond motifs is 1. The number of anilines is 1. The van der Waals surface area contributed by atoms with Crippen LogP contribution < -0.4 is 15.0 Å². The molecule has 2 aliphatic heterocycles. The minimum atomic E-state index is -0.398. The van der Waals surface area contributed by atoms with Crippen LogP contribution in [0.15, 0.2) is 42.9 Å². The average molecular weight is 564 g/mol. The minimum absolute atomic E-state index is 0.0257. The molecule has 2 saturated heterocycles. The Morgan fingerprint density at radius 3 is 2.74 bits per heavy atom. The fraction of sp³-hybridized carbons (Fsp3) is 0.357. The molecule has 6 rings (SSSR count). The molecule has 2 atom stereocenters. The lowest BCUT2D eigenvalue weighted by Gasteiger charge is -2.50. The van der Waals surface area contributed by atoms with E-state index < -0.39 is 6.10 Å². The van der Waals surface area contributed by atoms with Crippen LogP contribution in [0.2, 0.25) is 10.0 Å². The van der Waals surface area contributed by atoms with Gasteiger partial charge in [0, 0.05) is 60.8 Å². The van der Waals surface area contributed by atoms with Gasteiger partial charge in [0.25, 0.3) is 0 Å². The summed E-state index contributed by atoms with van der Waals surface area (Å²) in [6.07, 6.45) is 5.49. The number of aromatic nitrogens is 4. The van der Waals surface area contributed by atoms with Gasteiger partial charge in [0.15, 0.2) is 0 Å². The normalized spacial score (nSPS) is 19.1. The number of hydrogen-bond donors (Lipinski definition) is 2. The molecule has 2 N–H and O–H groups in total. The van der Waals surface area contributed by atoms with Crippen LogP contribution in [0.5, 0.6) is 5.75 Å². The number of halogens is 2. The Balaban J connectivity index is 1.23. The molecule has 200 valence electrons. The van der Waals surface area contributed by atoms with Gasteiger partial charge in [0.05, 0.1) is 33.3 Å². The third kappa shape index (κ3) is 5.01. The van der Waals surface area contributed by atoms with Gasteiger partial charge in [-0.3, -0.25) is 10.1 Å². The summed E-state index contributed by atoms with van der Waals surface area (Å²) in [5, 5.41) is 23.0. The predicted molar refractivity (Wildman–Crippen MR) is 150 cm³/mol. The summed E-state index contributed by atoms with van der Waals surface area (Å²) in [4.78, 5) is 10.8. The summed E-state index contributed by atoms with van der Waals surface area (Å²) in [7, 11) is 0. The summed E-state index contributed by atoms with van der Waals surface area (Å²) in [5.41, 5.74) is 3.44. The van der Waals surface area contributed by atoms with Gasteiger partial charge in [-0.05, 0) is 44.5 Å². The van der Waals surface area contributed by atoms with Crippen molar-refractivity contribution in [3.8, 4) is 23.1 Å². The molecule has 4 aromatic rings. The molecule has 39 heavy (non-hydrogen) atoms. The topological polar surface area (TPSA) is 112 Å². The van der Waals surface area contributed by atoms with E-state index in [1.54, 1.807) is 18.6 Å². The smallest absolute Gasteiger partial charge is 0.146 e. The Kier molecular flexibility index (Phi) is 6.81. The zero-order valence-corrected chi connectivity index (χ0v) is 23.1. The molecule has 0 saturated carbocycles. The van der Waals surface area contributed by atoms with E-state index in [1.165, 1.54) is 0 Å². The first-order valence-corrected chi connectivity index (χ1v) is 13.5. The highest BCUT2D eigenvalue weighted by molar-refractivity contribution is 6.35. The van der Waals surface area contributed by atoms with E-state index in [-0.39, 0.29) is 5.54 Å². The van der Waals surface area contributed by atoms with E-state index in [2.05, 4.69) is 38.4 Å². The summed E-state index contributed by atoms with van der Waals surface area (Å²) in [6, 6.07) is 10.2. The number of hydrogen-bond acceptors (Lipinski definition) is 8. The molecule has 3 aromatic heterocycles. The highest BCUT2D eigenvalue weighted by Gasteiger charge is 2.42. The van der Waals surface area contributed by atoms with Crippen LogP contribution in [0.1, 0.15) is 37.5 Å². The van der Waals surface area contributed by atoms with Gasteiger partial charge in [0.2, 0.25) is 0 Å². The summed E-state index contributed by atoms with van der Waals surface area (Å²) in [6.45, 7) is 7.20. The van der Waals surface area contributed by atoms with Crippen LogP contribution >= 0.6 is 23.2 Å². The van der Waals surface area contributed by atoms with Crippen LogP contribution in [-0.2, 0) is 4.74 Å². The average Bonchev–Trinajstić information content (AvgIpc) is 3.56. The van der Waals surface area contributed by atoms with Crippen molar-refractivity contribution >= 4 is 39.9 Å². The largest absolute Gasteiger partial charge is 0.486 e. The molecule has 0 amide bonds. The second-order valence-corrected chi connectivity index (χ2v) is 11.2. The molecule has 0 radical (unpaired) electrons. The minimum Gasteiger partial charge on any atom is -0.486 e. The fourth-order valence-corrected chi connectivity index (χ4v) is 6.13. The van der Waals surface area contributed by atoms with E-state index in [0.29, 0.717) is 44.5 Å². The van der Waals surface area contributed by atoms with Gasteiger partial charge in [-0.15, -0.1) is 0 Å². The number of ether oxygens (including phenoxy) is 2. The second kappa shape index (κ2) is 10.3. The number of nitrogens with zero attached hydrogens (tertiary/aromatic N) is 5. The molecule has 0 bridgehead atoms. The maximum absolute atomic E-state index is 9.96. The zero-order chi connectivity index (χ0) is 27.1. The highest BCUT2D eigenvalue weighted by atomic mass is 35.5. The number of H-pyrrole nitrogens is 1. The fourth-order valence-electron chi connectivity index (χ4n) is 5.46. The predicted octanol–water partition coefficient (Wildman–Crippen LogP) is 5.30. The van der Waals surface area contributed by atoms with Crippen LogP contribution in [0.4, 0.5) is 5.82 Å². The molecule has 2 fully saturated rings. The standard InChI is InChI=1S/C28H27Cl2N7O2/c1-16(25-22(29)11-32-12-23(25)30)39-20-3-4-24-21(8-20)26(36-35-24)18-7-17(9-31)27(33-10-18)37-14-28(2,15-37)34-19-5-6-38-13-19/h3-4,7-8,10-12,16,19,34H,5-6,13-15H2,1-2H3,(H,35,36)/t16-,19-/m1/s1. The van der Waals surface area contributed by atoms with E-state index in [9.17, 15) is 5.26 Å². The van der Waals surface area contributed by atoms with Gasteiger partial charge in [0.1, 0.15) is 29.4 Å². The van der Waals surface area contributed by atoms with Crippen molar-refractivity contribution in [3.05, 3.63) is 64.0 Å². The molecule has 0 aliphatic carbocycles. The SMILES string of the molecule is C[C@@H](Oc1ccc2[nH]nc(-c3cnc(N4CC(C)(N[C@@H]5CCOC5)C4)c(C#N)c3)c2c1)c1c(Cl)cncc1Cl. The molecular weight excluding hydrogens is 537 g/mol. The molecule has 0 spiro atoms. The van der Waals surface area contributed by atoms with Crippen molar-refractivity contribution in [2.24, 2.45) is 0 Å². The van der Waals surface area contributed by atoms with Crippen LogP contribution in [0.3, 0.4) is 0 Å². The van der Waals surface area contributed by atoms with Gasteiger partial charge >= 0.3 is 0 Å². The Morgan fingerprint density at radius 1 is 1.23 bits per heavy atom. The molecule has 11 heteroatoms. The van der Waals surface area contributed by atoms with Crippen molar-refractivity contribution in [3.63, 3.8) is 0 Å². The summed E-state index contributed by atoms with van der Waals surface area (Å²) < 4.78 is 11.7. The monoisotopic (exact) mass is 563 g/mol.